The van der Waals surface area contributed by atoms with Crippen molar-refractivity contribution in [3.05, 3.63) is 54.6 Å². The van der Waals surface area contributed by atoms with Gasteiger partial charge in [-0.1, -0.05) is 24.3 Å². The van der Waals surface area contributed by atoms with Gasteiger partial charge in [-0.25, -0.2) is 4.79 Å². The number of hydrogen-bond donors (Lipinski definition) is 2. The Morgan fingerprint density at radius 1 is 1.09 bits per heavy atom. The van der Waals surface area contributed by atoms with E-state index in [1.165, 1.54) is 0 Å². The van der Waals surface area contributed by atoms with Crippen molar-refractivity contribution >= 4 is 11.7 Å². The molecular weight excluding hydrogens is 292 g/mol. The van der Waals surface area contributed by atoms with Crippen LogP contribution in [-0.2, 0) is 4.74 Å². The number of rotatable bonds is 7. The van der Waals surface area contributed by atoms with E-state index in [4.69, 9.17) is 9.47 Å². The van der Waals surface area contributed by atoms with Gasteiger partial charge in [-0.3, -0.25) is 0 Å². The normalized spacial score (nSPS) is 11.6. The first-order valence-electron chi connectivity index (χ1n) is 7.57. The molecule has 0 spiro atoms. The van der Waals surface area contributed by atoms with Crippen molar-refractivity contribution < 1.29 is 14.3 Å². The van der Waals surface area contributed by atoms with Crippen molar-refractivity contribution in [1.82, 2.24) is 5.32 Å². The number of urea groups is 1. The van der Waals surface area contributed by atoms with Gasteiger partial charge < -0.3 is 20.1 Å². The molecule has 0 saturated carbocycles. The minimum atomic E-state index is -0.245. The van der Waals surface area contributed by atoms with E-state index in [1.807, 2.05) is 55.5 Å². The van der Waals surface area contributed by atoms with E-state index < -0.39 is 0 Å². The maximum atomic E-state index is 12.0. The molecule has 5 nitrogen and oxygen atoms in total. The van der Waals surface area contributed by atoms with Crippen LogP contribution >= 0.6 is 0 Å². The number of hydrogen-bond acceptors (Lipinski definition) is 3. The summed E-state index contributed by atoms with van der Waals surface area (Å²) in [5, 5.41) is 5.67. The number of anilines is 1. The zero-order valence-corrected chi connectivity index (χ0v) is 13.4. The number of para-hydroxylation sites is 1. The van der Waals surface area contributed by atoms with Gasteiger partial charge in [-0.05, 0) is 37.6 Å². The molecule has 2 amide bonds. The lowest BCUT2D eigenvalue weighted by atomic mass is 10.2. The summed E-state index contributed by atoms with van der Waals surface area (Å²) in [4.78, 5) is 12.0. The van der Waals surface area contributed by atoms with Crippen molar-refractivity contribution in [3.8, 4) is 11.5 Å². The molecule has 0 heterocycles. The van der Waals surface area contributed by atoms with E-state index in [2.05, 4.69) is 10.6 Å². The minimum absolute atomic E-state index is 0.0405. The third kappa shape index (κ3) is 6.00. The average Bonchev–Trinajstić information content (AvgIpc) is 2.54. The van der Waals surface area contributed by atoms with Crippen LogP contribution < -0.4 is 15.4 Å². The monoisotopic (exact) mass is 314 g/mol. The quantitative estimate of drug-likeness (QED) is 0.811. The molecule has 0 aliphatic heterocycles. The Hall–Kier alpha value is -2.53. The Balaban J connectivity index is 1.90. The highest BCUT2D eigenvalue weighted by molar-refractivity contribution is 5.89. The van der Waals surface area contributed by atoms with Crippen molar-refractivity contribution in [2.45, 2.75) is 19.4 Å². The Bertz CT molecular complexity index is 617. The lowest BCUT2D eigenvalue weighted by Crippen LogP contribution is -2.36. The van der Waals surface area contributed by atoms with Crippen molar-refractivity contribution in [2.75, 3.05) is 19.0 Å². The molecule has 23 heavy (non-hydrogen) atoms. The number of carbonyl (C=O) groups excluding carboxylic acids is 1. The summed E-state index contributed by atoms with van der Waals surface area (Å²) in [6.07, 6.45) is 0.765. The molecule has 0 aliphatic rings. The van der Waals surface area contributed by atoms with Crippen LogP contribution in [0.5, 0.6) is 11.5 Å². The molecule has 2 N–H and O–H groups in total. The highest BCUT2D eigenvalue weighted by Gasteiger charge is 2.07. The topological polar surface area (TPSA) is 59.6 Å². The number of amides is 2. The Morgan fingerprint density at radius 3 is 2.57 bits per heavy atom. The maximum absolute atomic E-state index is 12.0. The third-order valence-electron chi connectivity index (χ3n) is 3.20. The predicted octanol–water partition coefficient (Wildman–Crippen LogP) is 4.03. The Kier molecular flexibility index (Phi) is 6.44. The fraction of sp³-hybridized carbons (Fsp3) is 0.278. The van der Waals surface area contributed by atoms with Gasteiger partial charge in [0.2, 0.25) is 0 Å². The number of nitrogens with one attached hydrogen (secondary N) is 2. The SMILES string of the molecule is COCCC(C)NC(=O)Nc1cccc(Oc2ccccc2)c1. The zero-order valence-electron chi connectivity index (χ0n) is 13.4. The van der Waals surface area contributed by atoms with Crippen LogP contribution in [0.25, 0.3) is 0 Å². The van der Waals surface area contributed by atoms with Crippen LogP contribution in [0.4, 0.5) is 10.5 Å². The number of benzene rings is 2. The molecule has 2 aromatic rings. The average molecular weight is 314 g/mol. The number of carbonyl (C=O) groups is 1. The lowest BCUT2D eigenvalue weighted by molar-refractivity contribution is 0.185. The summed E-state index contributed by atoms with van der Waals surface area (Å²) < 4.78 is 10.7. The van der Waals surface area contributed by atoms with Crippen LogP contribution in [0.15, 0.2) is 54.6 Å². The largest absolute Gasteiger partial charge is 0.457 e. The molecule has 0 saturated heterocycles. The summed E-state index contributed by atoms with van der Waals surface area (Å²) >= 11 is 0. The lowest BCUT2D eigenvalue weighted by Gasteiger charge is -2.14. The second-order valence-electron chi connectivity index (χ2n) is 5.22. The van der Waals surface area contributed by atoms with Crippen LogP contribution in [0.2, 0.25) is 0 Å². The molecule has 0 bridgehead atoms. The standard InChI is InChI=1S/C18H22N2O3/c1-14(11-12-22-2)19-18(21)20-15-7-6-10-17(13-15)23-16-8-4-3-5-9-16/h3-10,13-14H,11-12H2,1-2H3,(H2,19,20,21). The first-order valence-corrected chi connectivity index (χ1v) is 7.57. The van der Waals surface area contributed by atoms with Crippen LogP contribution in [0, 0.1) is 0 Å². The third-order valence-corrected chi connectivity index (χ3v) is 3.20. The van der Waals surface area contributed by atoms with Crippen molar-refractivity contribution in [3.63, 3.8) is 0 Å². The highest BCUT2D eigenvalue weighted by atomic mass is 16.5. The smallest absolute Gasteiger partial charge is 0.319 e. The van der Waals surface area contributed by atoms with Crippen molar-refractivity contribution in [2.24, 2.45) is 0 Å². The fourth-order valence-electron chi connectivity index (χ4n) is 2.02. The molecule has 1 atom stereocenters. The Labute approximate surface area is 136 Å². The molecule has 122 valence electrons. The van der Waals surface area contributed by atoms with E-state index >= 15 is 0 Å². The van der Waals surface area contributed by atoms with Crippen LogP contribution in [-0.4, -0.2) is 25.8 Å². The number of ether oxygens (including phenoxy) is 2. The second-order valence-corrected chi connectivity index (χ2v) is 5.22. The van der Waals surface area contributed by atoms with Crippen molar-refractivity contribution in [1.29, 1.82) is 0 Å². The molecule has 1 unspecified atom stereocenters. The van der Waals surface area contributed by atoms with Gasteiger partial charge >= 0.3 is 6.03 Å². The van der Waals surface area contributed by atoms with Gasteiger partial charge in [0.1, 0.15) is 11.5 Å². The molecule has 2 aromatic carbocycles. The fourth-order valence-corrected chi connectivity index (χ4v) is 2.02. The maximum Gasteiger partial charge on any atom is 0.319 e. The van der Waals surface area contributed by atoms with E-state index in [9.17, 15) is 4.79 Å². The number of methoxy groups -OCH3 is 1. The predicted molar refractivity (Wildman–Crippen MR) is 91.1 cm³/mol. The summed E-state index contributed by atoms with van der Waals surface area (Å²) in [5.41, 5.74) is 0.676. The second kappa shape index (κ2) is 8.80. The van der Waals surface area contributed by atoms with E-state index in [-0.39, 0.29) is 12.1 Å². The van der Waals surface area contributed by atoms with E-state index in [1.54, 1.807) is 13.2 Å². The summed E-state index contributed by atoms with van der Waals surface area (Å²) in [7, 11) is 1.64. The zero-order chi connectivity index (χ0) is 16.5. The Morgan fingerprint density at radius 2 is 1.83 bits per heavy atom. The highest BCUT2D eigenvalue weighted by Crippen LogP contribution is 2.23. The van der Waals surface area contributed by atoms with Crippen LogP contribution in [0.3, 0.4) is 0 Å². The van der Waals surface area contributed by atoms with Gasteiger partial charge in [-0.15, -0.1) is 0 Å². The summed E-state index contributed by atoms with van der Waals surface area (Å²) in [5.74, 6) is 1.42. The van der Waals surface area contributed by atoms with Gasteiger partial charge in [0.25, 0.3) is 0 Å². The summed E-state index contributed by atoms with van der Waals surface area (Å²) in [6.45, 7) is 2.55. The molecular formula is C18H22N2O3. The van der Waals surface area contributed by atoms with Gasteiger partial charge in [0.15, 0.2) is 0 Å². The molecule has 5 heteroatoms. The molecule has 0 aromatic heterocycles. The van der Waals surface area contributed by atoms with E-state index in [0.717, 1.165) is 12.2 Å². The van der Waals surface area contributed by atoms with Crippen LogP contribution in [0.1, 0.15) is 13.3 Å². The molecule has 0 radical (unpaired) electrons. The first-order chi connectivity index (χ1) is 11.2. The first kappa shape index (κ1) is 16.8. The van der Waals surface area contributed by atoms with Gasteiger partial charge in [0, 0.05) is 31.5 Å². The molecule has 2 rings (SSSR count). The molecule has 0 aliphatic carbocycles. The molecule has 0 fully saturated rings. The minimum Gasteiger partial charge on any atom is -0.457 e. The summed E-state index contributed by atoms with van der Waals surface area (Å²) in [6, 6.07) is 16.6. The van der Waals surface area contributed by atoms with E-state index in [0.29, 0.717) is 18.0 Å². The van der Waals surface area contributed by atoms with Gasteiger partial charge in [0.05, 0.1) is 0 Å². The van der Waals surface area contributed by atoms with Gasteiger partial charge in [-0.2, -0.15) is 0 Å².